The van der Waals surface area contributed by atoms with Crippen molar-refractivity contribution in [3.8, 4) is 0 Å². The molecule has 18 heavy (non-hydrogen) atoms. The van der Waals surface area contributed by atoms with E-state index in [0.717, 1.165) is 0 Å². The lowest BCUT2D eigenvalue weighted by molar-refractivity contribution is -0.138. The smallest absolute Gasteiger partial charge is 0.321 e. The van der Waals surface area contributed by atoms with E-state index < -0.39 is 17.9 Å². The second-order valence-corrected chi connectivity index (χ2v) is 3.54. The van der Waals surface area contributed by atoms with Crippen LogP contribution in [0.3, 0.4) is 0 Å². The molecule has 0 aliphatic rings. The zero-order valence-electron chi connectivity index (χ0n) is 10.6. The predicted molar refractivity (Wildman–Crippen MR) is 63.2 cm³/mol. The van der Waals surface area contributed by atoms with Crippen molar-refractivity contribution >= 4 is 17.9 Å². The minimum absolute atomic E-state index is 0.0460. The van der Waals surface area contributed by atoms with E-state index in [9.17, 15) is 14.4 Å². The molecule has 0 saturated heterocycles. The minimum Gasteiger partial charge on any atom is -0.480 e. The number of urea groups is 1. The van der Waals surface area contributed by atoms with Gasteiger partial charge in [0.2, 0.25) is 5.91 Å². The third-order valence-corrected chi connectivity index (χ3v) is 2.11. The van der Waals surface area contributed by atoms with Crippen molar-refractivity contribution in [2.75, 3.05) is 40.4 Å². The molecular formula is C10H19N3O5. The van der Waals surface area contributed by atoms with Gasteiger partial charge in [-0.3, -0.25) is 19.8 Å². The summed E-state index contributed by atoms with van der Waals surface area (Å²) in [5.74, 6) is -1.43. The lowest BCUT2D eigenvalue weighted by Gasteiger charge is -2.19. The Kier molecular flexibility index (Phi) is 8.50. The van der Waals surface area contributed by atoms with Crippen LogP contribution in [0.25, 0.3) is 0 Å². The summed E-state index contributed by atoms with van der Waals surface area (Å²) in [5, 5.41) is 13.0. The number of carbonyl (C=O) groups is 3. The van der Waals surface area contributed by atoms with Crippen LogP contribution in [0.2, 0.25) is 0 Å². The maximum absolute atomic E-state index is 11.3. The zero-order valence-corrected chi connectivity index (χ0v) is 10.6. The number of hydrogen-bond donors (Lipinski definition) is 3. The summed E-state index contributed by atoms with van der Waals surface area (Å²) in [6, 6.07) is -0.582. The molecule has 0 rings (SSSR count). The van der Waals surface area contributed by atoms with Gasteiger partial charge in [0.05, 0.1) is 13.2 Å². The normalized spacial score (nSPS) is 10.2. The third-order valence-electron chi connectivity index (χ3n) is 2.11. The summed E-state index contributed by atoms with van der Waals surface area (Å²) >= 11 is 0. The highest BCUT2D eigenvalue weighted by molar-refractivity contribution is 5.94. The van der Waals surface area contributed by atoms with Gasteiger partial charge in [-0.25, -0.2) is 4.79 Å². The first-order valence-electron chi connectivity index (χ1n) is 5.44. The largest absolute Gasteiger partial charge is 0.480 e. The van der Waals surface area contributed by atoms with Gasteiger partial charge in [0.1, 0.15) is 0 Å². The Morgan fingerprint density at radius 1 is 1.28 bits per heavy atom. The summed E-state index contributed by atoms with van der Waals surface area (Å²) in [5.41, 5.74) is 0. The zero-order chi connectivity index (χ0) is 14.0. The number of nitrogens with zero attached hydrogens (tertiary/aromatic N) is 1. The fourth-order valence-corrected chi connectivity index (χ4v) is 1.19. The van der Waals surface area contributed by atoms with Crippen LogP contribution in [-0.4, -0.2) is 68.3 Å². The summed E-state index contributed by atoms with van der Waals surface area (Å²) < 4.78 is 4.84. The first kappa shape index (κ1) is 16.3. The van der Waals surface area contributed by atoms with Gasteiger partial charge in [0.25, 0.3) is 0 Å². The monoisotopic (exact) mass is 261 g/mol. The van der Waals surface area contributed by atoms with Crippen LogP contribution in [0, 0.1) is 0 Å². The number of ether oxygens (including phenoxy) is 1. The SMILES string of the molecule is CNC(=O)NC(=O)CCN(CCOC)CC(=O)O. The van der Waals surface area contributed by atoms with Crippen molar-refractivity contribution in [3.05, 3.63) is 0 Å². The van der Waals surface area contributed by atoms with E-state index in [0.29, 0.717) is 13.2 Å². The van der Waals surface area contributed by atoms with Crippen molar-refractivity contribution in [2.45, 2.75) is 6.42 Å². The molecule has 0 aromatic carbocycles. The van der Waals surface area contributed by atoms with Gasteiger partial charge < -0.3 is 15.2 Å². The molecule has 0 aliphatic heterocycles. The number of nitrogens with one attached hydrogen (secondary N) is 2. The van der Waals surface area contributed by atoms with Crippen LogP contribution < -0.4 is 10.6 Å². The van der Waals surface area contributed by atoms with Gasteiger partial charge in [-0.15, -0.1) is 0 Å². The standard InChI is InChI=1S/C10H19N3O5/c1-11-10(17)12-8(14)3-4-13(5-6-18-2)7-9(15)16/h3-7H2,1-2H3,(H,15,16)(H2,11,12,14,17). The van der Waals surface area contributed by atoms with E-state index in [-0.39, 0.29) is 19.5 Å². The van der Waals surface area contributed by atoms with Crippen LogP contribution in [0.1, 0.15) is 6.42 Å². The summed E-state index contributed by atoms with van der Waals surface area (Å²) in [6.07, 6.45) is 0.0460. The van der Waals surface area contributed by atoms with E-state index in [1.165, 1.54) is 14.2 Å². The molecule has 0 unspecified atom stereocenters. The lowest BCUT2D eigenvalue weighted by Crippen LogP contribution is -2.40. The molecular weight excluding hydrogens is 242 g/mol. The van der Waals surface area contributed by atoms with Crippen LogP contribution >= 0.6 is 0 Å². The first-order chi connectivity index (χ1) is 8.49. The number of hydrogen-bond acceptors (Lipinski definition) is 5. The molecule has 8 heteroatoms. The number of rotatable bonds is 8. The molecule has 104 valence electrons. The molecule has 0 fully saturated rings. The van der Waals surface area contributed by atoms with E-state index in [1.54, 1.807) is 4.90 Å². The van der Waals surface area contributed by atoms with E-state index >= 15 is 0 Å². The second-order valence-electron chi connectivity index (χ2n) is 3.54. The van der Waals surface area contributed by atoms with Crippen molar-refractivity contribution in [3.63, 3.8) is 0 Å². The minimum atomic E-state index is -0.974. The third kappa shape index (κ3) is 8.48. The molecule has 0 saturated carbocycles. The highest BCUT2D eigenvalue weighted by Gasteiger charge is 2.12. The van der Waals surface area contributed by atoms with Crippen molar-refractivity contribution in [1.82, 2.24) is 15.5 Å². The average molecular weight is 261 g/mol. The Hall–Kier alpha value is -1.67. The van der Waals surface area contributed by atoms with Crippen molar-refractivity contribution in [2.24, 2.45) is 0 Å². The van der Waals surface area contributed by atoms with Crippen LogP contribution in [0.5, 0.6) is 0 Å². The predicted octanol–water partition coefficient (Wildman–Crippen LogP) is -1.13. The fraction of sp³-hybridized carbons (Fsp3) is 0.700. The van der Waals surface area contributed by atoms with Crippen molar-refractivity contribution < 1.29 is 24.2 Å². The summed E-state index contributed by atoms with van der Waals surface area (Å²) in [6.45, 7) is 0.871. The number of carboxylic acids is 1. The molecule has 8 nitrogen and oxygen atoms in total. The van der Waals surface area contributed by atoms with Gasteiger partial charge in [-0.2, -0.15) is 0 Å². The van der Waals surface area contributed by atoms with Crippen LogP contribution in [0.15, 0.2) is 0 Å². The number of imide groups is 1. The highest BCUT2D eigenvalue weighted by atomic mass is 16.5. The van der Waals surface area contributed by atoms with Gasteiger partial charge in [0, 0.05) is 33.7 Å². The number of carbonyl (C=O) groups excluding carboxylic acids is 2. The maximum Gasteiger partial charge on any atom is 0.321 e. The Balaban J connectivity index is 4.03. The average Bonchev–Trinajstić information content (AvgIpc) is 2.31. The molecule has 0 aromatic heterocycles. The molecule has 0 heterocycles. The molecule has 3 N–H and O–H groups in total. The van der Waals surface area contributed by atoms with Gasteiger partial charge in [-0.05, 0) is 0 Å². The Morgan fingerprint density at radius 3 is 2.44 bits per heavy atom. The Morgan fingerprint density at radius 2 is 1.94 bits per heavy atom. The van der Waals surface area contributed by atoms with Gasteiger partial charge in [-0.1, -0.05) is 0 Å². The van der Waals surface area contributed by atoms with Gasteiger partial charge >= 0.3 is 12.0 Å². The van der Waals surface area contributed by atoms with E-state index in [1.807, 2.05) is 0 Å². The van der Waals surface area contributed by atoms with Crippen LogP contribution in [-0.2, 0) is 14.3 Å². The number of aliphatic carboxylic acids is 1. The second kappa shape index (κ2) is 9.37. The topological polar surface area (TPSA) is 108 Å². The number of methoxy groups -OCH3 is 1. The Bertz CT molecular complexity index is 295. The lowest BCUT2D eigenvalue weighted by atomic mass is 10.3. The number of amides is 3. The highest BCUT2D eigenvalue weighted by Crippen LogP contribution is 1.92. The molecule has 0 radical (unpaired) electrons. The summed E-state index contributed by atoms with van der Waals surface area (Å²) in [7, 11) is 2.91. The quantitative estimate of drug-likeness (QED) is 0.510. The van der Waals surface area contributed by atoms with E-state index in [4.69, 9.17) is 9.84 Å². The molecule has 0 spiro atoms. The van der Waals surface area contributed by atoms with Gasteiger partial charge in [0.15, 0.2) is 0 Å². The van der Waals surface area contributed by atoms with Crippen molar-refractivity contribution in [1.29, 1.82) is 0 Å². The maximum atomic E-state index is 11.3. The fourth-order valence-electron chi connectivity index (χ4n) is 1.19. The molecule has 0 aromatic rings. The summed E-state index contributed by atoms with van der Waals surface area (Å²) in [4.78, 5) is 34.3. The van der Waals surface area contributed by atoms with Crippen LogP contribution in [0.4, 0.5) is 4.79 Å². The molecule has 0 aliphatic carbocycles. The molecule has 0 atom stereocenters. The first-order valence-corrected chi connectivity index (χ1v) is 5.44. The Labute approximate surface area is 105 Å². The van der Waals surface area contributed by atoms with E-state index in [2.05, 4.69) is 10.6 Å². The molecule has 0 bridgehead atoms. The molecule has 3 amide bonds. The number of carboxylic acid groups (broad SMARTS) is 1.